The van der Waals surface area contributed by atoms with Crippen molar-refractivity contribution in [3.63, 3.8) is 0 Å². The van der Waals surface area contributed by atoms with Crippen LogP contribution in [0.25, 0.3) is 22.5 Å². The van der Waals surface area contributed by atoms with Crippen molar-refractivity contribution in [2.75, 3.05) is 13.7 Å². The Kier molecular flexibility index (Phi) is 7.02. The Morgan fingerprint density at radius 3 is 2.16 bits per heavy atom. The molecule has 0 spiro atoms. The quantitative estimate of drug-likeness (QED) is 0.478. The lowest BCUT2D eigenvalue weighted by molar-refractivity contribution is -0.137. The highest BCUT2D eigenvalue weighted by Crippen LogP contribution is 2.33. The molecule has 1 heterocycles. The van der Waals surface area contributed by atoms with E-state index in [0.717, 1.165) is 30.7 Å². The number of ether oxygens (including phenoxy) is 1. The molecule has 0 aliphatic rings. The fourth-order valence-corrected chi connectivity index (χ4v) is 3.10. The number of unbranched alkanes of at least 4 members (excludes halogenated alkanes) is 1. The number of hydrogen-bond acceptors (Lipinski definition) is 4. The molecule has 0 saturated carbocycles. The number of carboxylic acid groups (broad SMARTS) is 1. The topological polar surface area (TPSA) is 72.3 Å². The maximum Gasteiger partial charge on any atom is 0.416 e. The molecule has 162 valence electrons. The largest absolute Gasteiger partial charge is 0.478 e. The van der Waals surface area contributed by atoms with Gasteiger partial charge >= 0.3 is 12.1 Å². The number of aromatic carboxylic acids is 1. The van der Waals surface area contributed by atoms with E-state index in [1.807, 2.05) is 0 Å². The molecule has 0 bridgehead atoms. The molecule has 0 saturated heterocycles. The molecule has 2 aromatic carbocycles. The van der Waals surface area contributed by atoms with Gasteiger partial charge in [0.2, 0.25) is 0 Å². The van der Waals surface area contributed by atoms with Gasteiger partial charge in [0.15, 0.2) is 0 Å². The van der Waals surface area contributed by atoms with Gasteiger partial charge in [-0.1, -0.05) is 24.3 Å². The minimum Gasteiger partial charge on any atom is -0.478 e. The second-order valence-electron chi connectivity index (χ2n) is 6.97. The molecule has 0 radical (unpaired) electrons. The van der Waals surface area contributed by atoms with Gasteiger partial charge in [0.05, 0.1) is 28.2 Å². The van der Waals surface area contributed by atoms with Crippen LogP contribution in [-0.4, -0.2) is 34.8 Å². The molecule has 0 fully saturated rings. The van der Waals surface area contributed by atoms with Crippen LogP contribution in [0.2, 0.25) is 0 Å². The number of methoxy groups -OCH3 is 1. The predicted octanol–water partition coefficient (Wildman–Crippen LogP) is 5.50. The lowest BCUT2D eigenvalue weighted by Gasteiger charge is -2.12. The summed E-state index contributed by atoms with van der Waals surface area (Å²) in [5, 5.41) is 9.13. The highest BCUT2D eigenvalue weighted by molar-refractivity contribution is 5.88. The zero-order valence-electron chi connectivity index (χ0n) is 16.8. The van der Waals surface area contributed by atoms with E-state index in [9.17, 15) is 18.0 Å². The van der Waals surface area contributed by atoms with Crippen LogP contribution in [0.15, 0.2) is 54.7 Å². The Morgan fingerprint density at radius 1 is 0.968 bits per heavy atom. The van der Waals surface area contributed by atoms with Gasteiger partial charge in [-0.3, -0.25) is 4.98 Å². The van der Waals surface area contributed by atoms with Crippen molar-refractivity contribution >= 4 is 5.97 Å². The Bertz CT molecular complexity index is 1030. The first-order valence-electron chi connectivity index (χ1n) is 9.66. The highest BCUT2D eigenvalue weighted by atomic mass is 19.4. The average molecular weight is 430 g/mol. The summed E-state index contributed by atoms with van der Waals surface area (Å²) in [5.74, 6) is -1.05. The lowest BCUT2D eigenvalue weighted by Crippen LogP contribution is -2.04. The molecule has 0 aliphatic carbocycles. The van der Waals surface area contributed by atoms with Gasteiger partial charge in [0, 0.05) is 31.0 Å². The number of carboxylic acids is 1. The first kappa shape index (κ1) is 22.4. The van der Waals surface area contributed by atoms with Crippen LogP contribution in [0.4, 0.5) is 13.2 Å². The molecule has 1 N–H and O–H groups in total. The second kappa shape index (κ2) is 9.70. The van der Waals surface area contributed by atoms with Gasteiger partial charge in [0.25, 0.3) is 0 Å². The predicted molar refractivity (Wildman–Crippen MR) is 110 cm³/mol. The van der Waals surface area contributed by atoms with Crippen molar-refractivity contribution in [3.8, 4) is 22.5 Å². The van der Waals surface area contributed by atoms with E-state index >= 15 is 0 Å². The lowest BCUT2D eigenvalue weighted by atomic mass is 10.0. The molecule has 3 aromatic rings. The SMILES string of the molecule is COCCCCc1cnc(-c2ccc(C(F)(F)F)cc2)c(-c2ccc(C(=O)O)cc2)n1. The Labute approximate surface area is 177 Å². The Hall–Kier alpha value is -3.26. The third-order valence-electron chi connectivity index (χ3n) is 4.74. The molecule has 0 aliphatic heterocycles. The number of benzene rings is 2. The molecule has 5 nitrogen and oxygen atoms in total. The first-order valence-corrected chi connectivity index (χ1v) is 9.66. The molecule has 8 heteroatoms. The zero-order chi connectivity index (χ0) is 22.4. The van der Waals surface area contributed by atoms with Crippen LogP contribution in [0.3, 0.4) is 0 Å². The number of halogens is 3. The monoisotopic (exact) mass is 430 g/mol. The number of alkyl halides is 3. The van der Waals surface area contributed by atoms with Gasteiger partial charge in [0.1, 0.15) is 0 Å². The number of aromatic nitrogens is 2. The van der Waals surface area contributed by atoms with Crippen LogP contribution in [0.5, 0.6) is 0 Å². The van der Waals surface area contributed by atoms with Crippen LogP contribution in [0, 0.1) is 0 Å². The van der Waals surface area contributed by atoms with Gasteiger partial charge in [-0.2, -0.15) is 13.2 Å². The van der Waals surface area contributed by atoms with Crippen molar-refractivity contribution in [3.05, 3.63) is 71.5 Å². The molecular formula is C23H21F3N2O3. The summed E-state index contributed by atoms with van der Waals surface area (Å²) in [6, 6.07) is 10.9. The summed E-state index contributed by atoms with van der Waals surface area (Å²) in [4.78, 5) is 20.3. The van der Waals surface area contributed by atoms with Crippen molar-refractivity contribution in [2.45, 2.75) is 25.4 Å². The summed E-state index contributed by atoms with van der Waals surface area (Å²) in [5.41, 5.74) is 2.16. The molecule has 0 amide bonds. The van der Waals surface area contributed by atoms with Crippen molar-refractivity contribution in [1.29, 1.82) is 0 Å². The Morgan fingerprint density at radius 2 is 1.58 bits per heavy atom. The Balaban J connectivity index is 2.00. The second-order valence-corrected chi connectivity index (χ2v) is 6.97. The van der Waals surface area contributed by atoms with Crippen molar-refractivity contribution in [2.24, 2.45) is 0 Å². The van der Waals surface area contributed by atoms with Gasteiger partial charge in [-0.25, -0.2) is 9.78 Å². The number of hydrogen-bond donors (Lipinski definition) is 1. The smallest absolute Gasteiger partial charge is 0.416 e. The number of rotatable bonds is 8. The molecule has 1 aromatic heterocycles. The van der Waals surface area contributed by atoms with Gasteiger partial charge in [-0.15, -0.1) is 0 Å². The first-order chi connectivity index (χ1) is 14.8. The zero-order valence-corrected chi connectivity index (χ0v) is 16.8. The standard InChI is InChI=1S/C23H21F3N2O3/c1-31-13-3-2-4-19-14-27-20(15-9-11-18(12-10-15)23(24,25)26)21(28-19)16-5-7-17(8-6-16)22(29)30/h5-12,14H,2-4,13H2,1H3,(H,29,30). The molecule has 31 heavy (non-hydrogen) atoms. The minimum atomic E-state index is -4.42. The van der Waals surface area contributed by atoms with Gasteiger partial charge in [-0.05, 0) is 43.5 Å². The van der Waals surface area contributed by atoms with E-state index < -0.39 is 17.7 Å². The number of carbonyl (C=O) groups is 1. The third kappa shape index (κ3) is 5.67. The fraction of sp³-hybridized carbons (Fsp3) is 0.261. The van der Waals surface area contributed by atoms with Gasteiger partial charge < -0.3 is 9.84 Å². The minimum absolute atomic E-state index is 0.128. The maximum absolute atomic E-state index is 12.9. The van der Waals surface area contributed by atoms with Crippen molar-refractivity contribution < 1.29 is 27.8 Å². The molecule has 0 atom stereocenters. The van der Waals surface area contributed by atoms with E-state index in [1.54, 1.807) is 25.4 Å². The molecule has 3 rings (SSSR count). The molecular weight excluding hydrogens is 409 g/mol. The summed E-state index contributed by atoms with van der Waals surface area (Å²) in [7, 11) is 1.64. The van der Waals surface area contributed by atoms with E-state index in [0.29, 0.717) is 35.5 Å². The highest BCUT2D eigenvalue weighted by Gasteiger charge is 2.30. The average Bonchev–Trinajstić information content (AvgIpc) is 2.76. The third-order valence-corrected chi connectivity index (χ3v) is 4.74. The van der Waals surface area contributed by atoms with Crippen molar-refractivity contribution in [1.82, 2.24) is 9.97 Å². The maximum atomic E-state index is 12.9. The summed E-state index contributed by atoms with van der Waals surface area (Å²) < 4.78 is 43.8. The summed E-state index contributed by atoms with van der Waals surface area (Å²) in [6.07, 6.45) is -0.425. The van der Waals surface area contributed by atoms with E-state index in [-0.39, 0.29) is 5.56 Å². The van der Waals surface area contributed by atoms with Crippen LogP contribution in [-0.2, 0) is 17.3 Å². The fourth-order valence-electron chi connectivity index (χ4n) is 3.10. The van der Waals surface area contributed by atoms with Crippen LogP contribution < -0.4 is 0 Å². The summed E-state index contributed by atoms with van der Waals surface area (Å²) >= 11 is 0. The summed E-state index contributed by atoms with van der Waals surface area (Å²) in [6.45, 7) is 0.639. The van der Waals surface area contributed by atoms with E-state index in [2.05, 4.69) is 9.97 Å². The van der Waals surface area contributed by atoms with E-state index in [1.165, 1.54) is 24.3 Å². The number of aryl methyl sites for hydroxylation is 1. The molecule has 0 unspecified atom stereocenters. The van der Waals surface area contributed by atoms with Crippen LogP contribution >= 0.6 is 0 Å². The van der Waals surface area contributed by atoms with Crippen LogP contribution in [0.1, 0.15) is 34.5 Å². The normalized spacial score (nSPS) is 11.5. The number of nitrogens with zero attached hydrogens (tertiary/aromatic N) is 2. The van der Waals surface area contributed by atoms with E-state index in [4.69, 9.17) is 9.84 Å².